The fraction of sp³-hybridized carbons (Fsp3) is 0.321. The average Bonchev–Trinajstić information content (AvgIpc) is 3.51. The molecule has 200 valence electrons. The molecule has 1 saturated heterocycles. The van der Waals surface area contributed by atoms with E-state index < -0.39 is 11.5 Å². The second-order valence-corrected chi connectivity index (χ2v) is 9.52. The first-order chi connectivity index (χ1) is 19.0. The van der Waals surface area contributed by atoms with Gasteiger partial charge in [-0.25, -0.2) is 9.78 Å². The Bertz CT molecular complexity index is 1560. The molecule has 4 aromatic rings. The van der Waals surface area contributed by atoms with E-state index in [4.69, 9.17) is 9.47 Å². The number of amides is 1. The van der Waals surface area contributed by atoms with Crippen LogP contribution in [0, 0.1) is 0 Å². The topological polar surface area (TPSA) is 123 Å². The van der Waals surface area contributed by atoms with Gasteiger partial charge in [0.25, 0.3) is 5.56 Å². The maximum absolute atomic E-state index is 12.9. The van der Waals surface area contributed by atoms with E-state index in [0.717, 1.165) is 0 Å². The number of aromatic amines is 1. The second-order valence-electron chi connectivity index (χ2n) is 9.52. The minimum absolute atomic E-state index is 0.00674. The Hall–Kier alpha value is -4.67. The maximum atomic E-state index is 12.9. The van der Waals surface area contributed by atoms with E-state index in [1.54, 1.807) is 11.8 Å². The van der Waals surface area contributed by atoms with Crippen molar-refractivity contribution in [3.05, 3.63) is 76.3 Å². The maximum Gasteiger partial charge on any atom is 0.409 e. The van der Waals surface area contributed by atoms with Crippen LogP contribution in [0.2, 0.25) is 0 Å². The van der Waals surface area contributed by atoms with Gasteiger partial charge in [0, 0.05) is 32.1 Å². The summed E-state index contributed by atoms with van der Waals surface area (Å²) in [6.45, 7) is 3.93. The Morgan fingerprint density at radius 1 is 0.974 bits per heavy atom. The van der Waals surface area contributed by atoms with Gasteiger partial charge in [0.2, 0.25) is 5.95 Å². The van der Waals surface area contributed by atoms with Crippen LogP contribution in [0.4, 0.5) is 10.7 Å². The van der Waals surface area contributed by atoms with Crippen molar-refractivity contribution in [2.75, 3.05) is 44.3 Å². The molecule has 2 aliphatic rings. The monoisotopic (exact) mass is 528 g/mol. The number of fused-ring (bicyclic) bond motifs is 4. The highest BCUT2D eigenvalue weighted by Gasteiger charge is 2.30. The van der Waals surface area contributed by atoms with E-state index >= 15 is 0 Å². The molecule has 0 spiro atoms. The minimum atomic E-state index is -0.454. The Balaban J connectivity index is 1.09. The number of imidazole rings is 1. The molecule has 11 heteroatoms. The summed E-state index contributed by atoms with van der Waals surface area (Å²) in [6.07, 6.45) is 1.05. The van der Waals surface area contributed by atoms with Gasteiger partial charge in [0.05, 0.1) is 12.9 Å². The molecule has 3 heterocycles. The van der Waals surface area contributed by atoms with Crippen LogP contribution in [0.1, 0.15) is 24.0 Å². The summed E-state index contributed by atoms with van der Waals surface area (Å²) in [5, 5.41) is 0. The van der Waals surface area contributed by atoms with Crippen molar-refractivity contribution in [2.45, 2.75) is 19.4 Å². The van der Waals surface area contributed by atoms with E-state index in [0.29, 0.717) is 32.1 Å². The van der Waals surface area contributed by atoms with Crippen LogP contribution in [0.3, 0.4) is 0 Å². The Kier molecular flexibility index (Phi) is 6.47. The highest BCUT2D eigenvalue weighted by atomic mass is 16.6. The van der Waals surface area contributed by atoms with Crippen molar-refractivity contribution in [2.24, 2.45) is 0 Å². The number of nitrogens with zero attached hydrogens (tertiary/aromatic N) is 5. The Morgan fingerprint density at radius 2 is 1.64 bits per heavy atom. The largest absolute Gasteiger partial charge is 0.465 e. The van der Waals surface area contributed by atoms with E-state index in [2.05, 4.69) is 39.2 Å². The fourth-order valence-electron chi connectivity index (χ4n) is 5.38. The van der Waals surface area contributed by atoms with Crippen molar-refractivity contribution < 1.29 is 19.1 Å². The lowest BCUT2D eigenvalue weighted by Crippen LogP contribution is -2.49. The van der Waals surface area contributed by atoms with Crippen molar-refractivity contribution in [3.63, 3.8) is 0 Å². The van der Waals surface area contributed by atoms with Crippen LogP contribution in [0.15, 0.2) is 59.7 Å². The number of carbonyl (C=O) groups is 2. The number of carbonyl (C=O) groups excluding carboxylic acids is 2. The molecular formula is C28H28N6O5. The third kappa shape index (κ3) is 4.60. The van der Waals surface area contributed by atoms with Crippen molar-refractivity contribution in [1.29, 1.82) is 0 Å². The third-order valence-corrected chi connectivity index (χ3v) is 7.25. The quantitative estimate of drug-likeness (QED) is 0.379. The van der Waals surface area contributed by atoms with Crippen LogP contribution >= 0.6 is 0 Å². The first kappa shape index (κ1) is 24.7. The lowest BCUT2D eigenvalue weighted by Gasteiger charge is -2.34. The molecule has 1 aliphatic carbocycles. The van der Waals surface area contributed by atoms with Gasteiger partial charge in [0.1, 0.15) is 13.2 Å². The molecule has 0 unspecified atom stereocenters. The van der Waals surface area contributed by atoms with Gasteiger partial charge in [-0.05, 0) is 29.2 Å². The number of rotatable bonds is 6. The molecule has 0 atom stereocenters. The molecule has 0 saturated carbocycles. The van der Waals surface area contributed by atoms with Crippen molar-refractivity contribution in [1.82, 2.24) is 24.4 Å². The fourth-order valence-corrected chi connectivity index (χ4v) is 5.38. The van der Waals surface area contributed by atoms with Gasteiger partial charge in [-0.1, -0.05) is 48.5 Å². The number of aromatic nitrogens is 4. The summed E-state index contributed by atoms with van der Waals surface area (Å²) in [5.41, 5.74) is 4.79. The summed E-state index contributed by atoms with van der Waals surface area (Å²) in [6, 6.07) is 16.5. The van der Waals surface area contributed by atoms with Gasteiger partial charge in [-0.2, -0.15) is 4.98 Å². The van der Waals surface area contributed by atoms with E-state index in [1.807, 2.05) is 29.2 Å². The molecular weight excluding hydrogens is 500 g/mol. The van der Waals surface area contributed by atoms with Crippen LogP contribution in [-0.4, -0.2) is 75.9 Å². The number of benzene rings is 2. The van der Waals surface area contributed by atoms with Gasteiger partial charge in [-0.15, -0.1) is 0 Å². The van der Waals surface area contributed by atoms with Gasteiger partial charge in [0.15, 0.2) is 11.2 Å². The molecule has 2 aromatic carbocycles. The van der Waals surface area contributed by atoms with Crippen molar-refractivity contribution >= 4 is 29.2 Å². The minimum Gasteiger partial charge on any atom is -0.465 e. The number of H-pyrrole nitrogens is 1. The summed E-state index contributed by atoms with van der Waals surface area (Å²) < 4.78 is 12.2. The Morgan fingerprint density at radius 3 is 2.31 bits per heavy atom. The predicted octanol–water partition coefficient (Wildman–Crippen LogP) is 2.75. The molecule has 1 N–H and O–H groups in total. The van der Waals surface area contributed by atoms with E-state index in [-0.39, 0.29) is 42.9 Å². The molecule has 0 radical (unpaired) electrons. The smallest absolute Gasteiger partial charge is 0.409 e. The highest BCUT2D eigenvalue weighted by Crippen LogP contribution is 2.44. The normalized spacial score (nSPS) is 14.8. The number of anilines is 1. The molecule has 39 heavy (non-hydrogen) atoms. The lowest BCUT2D eigenvalue weighted by molar-refractivity contribution is -0.143. The van der Waals surface area contributed by atoms with Crippen LogP contribution in [0.5, 0.6) is 0 Å². The average molecular weight is 529 g/mol. The van der Waals surface area contributed by atoms with Gasteiger partial charge < -0.3 is 23.8 Å². The van der Waals surface area contributed by atoms with Crippen LogP contribution < -0.4 is 10.5 Å². The first-order valence-electron chi connectivity index (χ1n) is 13.0. The summed E-state index contributed by atoms with van der Waals surface area (Å²) >= 11 is 0. The number of nitrogens with one attached hydrogen (secondary N) is 1. The summed E-state index contributed by atoms with van der Waals surface area (Å²) in [4.78, 5) is 52.6. The third-order valence-electron chi connectivity index (χ3n) is 7.25. The summed E-state index contributed by atoms with van der Waals surface area (Å²) in [7, 11) is 0. The molecule has 11 nitrogen and oxygen atoms in total. The number of piperazine rings is 1. The molecule has 1 fully saturated rings. The molecule has 1 amide bonds. The standard InChI is InChI=1S/C28H28N6O5/c1-2-38-23(35)15-34-17-29-25-24(34)26(36)31-27(30-25)32-11-13-33(14-12-32)28(37)39-16-22-20-9-5-3-7-18(20)19-8-4-6-10-21(19)22/h3-10,17,22H,2,11-16H2,1H3,(H,30,31,36). The molecule has 6 rings (SSSR count). The zero-order chi connectivity index (χ0) is 26.9. The number of ether oxygens (including phenoxy) is 2. The van der Waals surface area contributed by atoms with E-state index in [1.165, 1.54) is 33.1 Å². The van der Waals surface area contributed by atoms with Gasteiger partial charge >= 0.3 is 12.1 Å². The van der Waals surface area contributed by atoms with Crippen LogP contribution in [-0.2, 0) is 20.8 Å². The number of hydrogen-bond acceptors (Lipinski definition) is 8. The number of hydrogen-bond donors (Lipinski definition) is 1. The van der Waals surface area contributed by atoms with Crippen molar-refractivity contribution in [3.8, 4) is 11.1 Å². The predicted molar refractivity (Wildman–Crippen MR) is 144 cm³/mol. The highest BCUT2D eigenvalue weighted by molar-refractivity contribution is 5.79. The first-order valence-corrected chi connectivity index (χ1v) is 13.0. The van der Waals surface area contributed by atoms with Gasteiger partial charge in [-0.3, -0.25) is 14.6 Å². The zero-order valence-electron chi connectivity index (χ0n) is 21.5. The van der Waals surface area contributed by atoms with Crippen LogP contribution in [0.25, 0.3) is 22.3 Å². The molecule has 0 bridgehead atoms. The second kappa shape index (κ2) is 10.2. The summed E-state index contributed by atoms with van der Waals surface area (Å²) in [5.74, 6) is -0.0713. The molecule has 2 aromatic heterocycles. The zero-order valence-corrected chi connectivity index (χ0v) is 21.5. The molecule has 1 aliphatic heterocycles. The van der Waals surface area contributed by atoms with E-state index in [9.17, 15) is 14.4 Å². The number of esters is 1. The Labute approximate surface area is 224 Å². The SMILES string of the molecule is CCOC(=O)Cn1cnc2nc(N3CCN(C(=O)OCC4c5ccccc5-c5ccccc54)CC3)[nH]c(=O)c21. The lowest BCUT2D eigenvalue weighted by atomic mass is 9.98.